The highest BCUT2D eigenvalue weighted by atomic mass is 19.4. The van der Waals surface area contributed by atoms with Crippen molar-refractivity contribution >= 4 is 5.97 Å². The highest BCUT2D eigenvalue weighted by Crippen LogP contribution is 2.29. The minimum Gasteiger partial charge on any atom is -0.475 e. The van der Waals surface area contributed by atoms with Crippen LogP contribution in [-0.4, -0.2) is 16.2 Å². The van der Waals surface area contributed by atoms with Crippen molar-refractivity contribution in [3.05, 3.63) is 52.9 Å². The van der Waals surface area contributed by atoms with Gasteiger partial charge < -0.3 is 9.63 Å². The zero-order valence-electron chi connectivity index (χ0n) is 10.1. The Labute approximate surface area is 111 Å². The Bertz CT molecular complexity index is 602. The molecule has 1 heterocycles. The first-order valence-corrected chi connectivity index (χ1v) is 5.71. The van der Waals surface area contributed by atoms with Gasteiger partial charge in [0.1, 0.15) is 0 Å². The molecule has 0 amide bonds. The second-order valence-electron chi connectivity index (χ2n) is 4.18. The number of aromatic nitrogens is 1. The molecule has 2 rings (SSSR count). The summed E-state index contributed by atoms with van der Waals surface area (Å²) in [6.07, 6.45) is -3.51. The Morgan fingerprint density at radius 1 is 1.20 bits per heavy atom. The second kappa shape index (κ2) is 5.36. The molecule has 1 N–H and O–H groups in total. The monoisotopic (exact) mass is 285 g/mol. The van der Waals surface area contributed by atoms with E-state index in [4.69, 9.17) is 5.11 Å². The zero-order valence-corrected chi connectivity index (χ0v) is 10.1. The standard InChI is InChI=1S/C13H10F3NO3/c14-13(15,16)9-4-1-8(2-5-9)3-6-10-7-11(12(18)19)20-17-10/h1-2,4-5,7H,3,6H2,(H,18,19). The van der Waals surface area contributed by atoms with Gasteiger partial charge in [-0.25, -0.2) is 4.79 Å². The lowest BCUT2D eigenvalue weighted by Crippen LogP contribution is -2.04. The van der Waals surface area contributed by atoms with Crippen LogP contribution < -0.4 is 0 Å². The molecule has 0 saturated carbocycles. The number of hydrogen-bond donors (Lipinski definition) is 1. The maximum absolute atomic E-state index is 12.4. The van der Waals surface area contributed by atoms with E-state index >= 15 is 0 Å². The van der Waals surface area contributed by atoms with Crippen LogP contribution in [-0.2, 0) is 19.0 Å². The molecule has 106 valence electrons. The van der Waals surface area contributed by atoms with Gasteiger partial charge in [-0.15, -0.1) is 0 Å². The molecule has 20 heavy (non-hydrogen) atoms. The molecule has 1 aromatic heterocycles. The third-order valence-electron chi connectivity index (χ3n) is 2.72. The fourth-order valence-electron chi connectivity index (χ4n) is 1.66. The Hall–Kier alpha value is -2.31. The van der Waals surface area contributed by atoms with E-state index < -0.39 is 17.7 Å². The molecular weight excluding hydrogens is 275 g/mol. The SMILES string of the molecule is O=C(O)c1cc(CCc2ccc(C(F)(F)F)cc2)no1. The summed E-state index contributed by atoms with van der Waals surface area (Å²) < 4.78 is 41.7. The van der Waals surface area contributed by atoms with Gasteiger partial charge in [-0.3, -0.25) is 0 Å². The van der Waals surface area contributed by atoms with Crippen molar-refractivity contribution in [3.8, 4) is 0 Å². The predicted octanol–water partition coefficient (Wildman–Crippen LogP) is 3.18. The van der Waals surface area contributed by atoms with E-state index in [1.165, 1.54) is 18.2 Å². The molecule has 0 fully saturated rings. The summed E-state index contributed by atoms with van der Waals surface area (Å²) in [5.74, 6) is -1.47. The normalized spacial score (nSPS) is 11.6. The number of rotatable bonds is 4. The Kier molecular flexibility index (Phi) is 3.78. The van der Waals surface area contributed by atoms with E-state index in [1.54, 1.807) is 0 Å². The molecule has 0 aliphatic carbocycles. The number of carboxylic acid groups (broad SMARTS) is 1. The van der Waals surface area contributed by atoms with Gasteiger partial charge in [-0.05, 0) is 30.5 Å². The Balaban J connectivity index is 1.98. The average Bonchev–Trinajstić information content (AvgIpc) is 2.85. The molecule has 2 aromatic rings. The molecule has 0 spiro atoms. The maximum atomic E-state index is 12.4. The van der Waals surface area contributed by atoms with Gasteiger partial charge in [0.25, 0.3) is 0 Å². The van der Waals surface area contributed by atoms with E-state index in [2.05, 4.69) is 9.68 Å². The number of hydrogen-bond acceptors (Lipinski definition) is 3. The average molecular weight is 285 g/mol. The van der Waals surface area contributed by atoms with Crippen LogP contribution in [0.5, 0.6) is 0 Å². The zero-order chi connectivity index (χ0) is 14.8. The molecule has 4 nitrogen and oxygen atoms in total. The van der Waals surface area contributed by atoms with Crippen LogP contribution in [0.15, 0.2) is 34.9 Å². The molecule has 0 aliphatic heterocycles. The van der Waals surface area contributed by atoms with E-state index in [9.17, 15) is 18.0 Å². The van der Waals surface area contributed by atoms with Gasteiger partial charge in [-0.1, -0.05) is 17.3 Å². The summed E-state index contributed by atoms with van der Waals surface area (Å²) >= 11 is 0. The van der Waals surface area contributed by atoms with E-state index in [0.29, 0.717) is 24.1 Å². The van der Waals surface area contributed by atoms with Crippen molar-refractivity contribution < 1.29 is 27.6 Å². The summed E-state index contributed by atoms with van der Waals surface area (Å²) in [6.45, 7) is 0. The second-order valence-corrected chi connectivity index (χ2v) is 4.18. The van der Waals surface area contributed by atoms with Crippen LogP contribution in [0.2, 0.25) is 0 Å². The number of halogens is 3. The van der Waals surface area contributed by atoms with Crippen LogP contribution in [0.1, 0.15) is 27.4 Å². The van der Waals surface area contributed by atoms with Gasteiger partial charge in [0.2, 0.25) is 5.76 Å². The number of aromatic carboxylic acids is 1. The van der Waals surface area contributed by atoms with Crippen LogP contribution in [0, 0.1) is 0 Å². The van der Waals surface area contributed by atoms with Crippen LogP contribution in [0.4, 0.5) is 13.2 Å². The third kappa shape index (κ3) is 3.37. The lowest BCUT2D eigenvalue weighted by Gasteiger charge is -2.07. The molecule has 0 aliphatic rings. The first-order valence-electron chi connectivity index (χ1n) is 5.71. The van der Waals surface area contributed by atoms with Crippen molar-refractivity contribution in [2.45, 2.75) is 19.0 Å². The molecule has 0 radical (unpaired) electrons. The van der Waals surface area contributed by atoms with Crippen LogP contribution >= 0.6 is 0 Å². The number of benzene rings is 1. The van der Waals surface area contributed by atoms with Gasteiger partial charge in [0.15, 0.2) is 0 Å². The molecule has 0 unspecified atom stereocenters. The summed E-state index contributed by atoms with van der Waals surface area (Å²) in [5, 5.41) is 12.2. The van der Waals surface area contributed by atoms with Gasteiger partial charge >= 0.3 is 12.1 Å². The van der Waals surface area contributed by atoms with Crippen molar-refractivity contribution in [3.63, 3.8) is 0 Å². The first kappa shape index (κ1) is 14.1. The highest BCUT2D eigenvalue weighted by Gasteiger charge is 2.29. The van der Waals surface area contributed by atoms with Crippen molar-refractivity contribution in [2.24, 2.45) is 0 Å². The lowest BCUT2D eigenvalue weighted by atomic mass is 10.1. The fourth-order valence-corrected chi connectivity index (χ4v) is 1.66. The van der Waals surface area contributed by atoms with E-state index in [1.807, 2.05) is 0 Å². The summed E-state index contributed by atoms with van der Waals surface area (Å²) in [7, 11) is 0. The predicted molar refractivity (Wildman–Crippen MR) is 62.3 cm³/mol. The van der Waals surface area contributed by atoms with E-state index in [-0.39, 0.29) is 5.76 Å². The number of carbonyl (C=O) groups is 1. The smallest absolute Gasteiger partial charge is 0.416 e. The largest absolute Gasteiger partial charge is 0.475 e. The number of alkyl halides is 3. The maximum Gasteiger partial charge on any atom is 0.416 e. The number of carboxylic acids is 1. The minimum atomic E-state index is -4.35. The van der Waals surface area contributed by atoms with Crippen molar-refractivity contribution in [2.75, 3.05) is 0 Å². The minimum absolute atomic E-state index is 0.257. The molecule has 0 atom stereocenters. The van der Waals surface area contributed by atoms with Crippen molar-refractivity contribution in [1.82, 2.24) is 5.16 Å². The third-order valence-corrected chi connectivity index (χ3v) is 2.72. The van der Waals surface area contributed by atoms with Crippen LogP contribution in [0.3, 0.4) is 0 Å². The van der Waals surface area contributed by atoms with Gasteiger partial charge in [0, 0.05) is 6.07 Å². The highest BCUT2D eigenvalue weighted by molar-refractivity contribution is 5.84. The summed E-state index contributed by atoms with van der Waals surface area (Å²) in [4.78, 5) is 10.6. The molecule has 1 aromatic carbocycles. The molecular formula is C13H10F3NO3. The fraction of sp³-hybridized carbons (Fsp3) is 0.231. The quantitative estimate of drug-likeness (QED) is 0.937. The lowest BCUT2D eigenvalue weighted by molar-refractivity contribution is -0.137. The topological polar surface area (TPSA) is 63.3 Å². The summed E-state index contributed by atoms with van der Waals surface area (Å²) in [5.41, 5.74) is 0.455. The van der Waals surface area contributed by atoms with Gasteiger partial charge in [-0.2, -0.15) is 13.2 Å². The Morgan fingerprint density at radius 3 is 2.35 bits per heavy atom. The van der Waals surface area contributed by atoms with E-state index in [0.717, 1.165) is 12.1 Å². The number of aryl methyl sites for hydroxylation is 2. The molecule has 0 bridgehead atoms. The summed E-state index contributed by atoms with van der Waals surface area (Å²) in [6, 6.07) is 6.11. The molecule has 7 heteroatoms. The first-order chi connectivity index (χ1) is 9.36. The van der Waals surface area contributed by atoms with Gasteiger partial charge in [0.05, 0.1) is 11.3 Å². The number of nitrogens with zero attached hydrogens (tertiary/aromatic N) is 1. The Morgan fingerprint density at radius 2 is 1.85 bits per heavy atom. The molecule has 0 saturated heterocycles. The van der Waals surface area contributed by atoms with Crippen molar-refractivity contribution in [1.29, 1.82) is 0 Å². The van der Waals surface area contributed by atoms with Crippen LogP contribution in [0.25, 0.3) is 0 Å².